The van der Waals surface area contributed by atoms with E-state index in [-0.39, 0.29) is 17.7 Å². The number of hydrogen-bond donors (Lipinski definition) is 1. The SMILES string of the molecule is C=C(C)[C@H]1C[C@H](c2ccccc2Cl)[C@H](c2cccc(F)c2)O[C@@H]1c1c(OCC(=O)O)cc(C)c(Cl)c1C. The topological polar surface area (TPSA) is 55.8 Å². The lowest BCUT2D eigenvalue weighted by molar-refractivity contribution is -0.139. The fourth-order valence-corrected chi connectivity index (χ4v) is 5.64. The first-order valence-corrected chi connectivity index (χ1v) is 12.8. The summed E-state index contributed by atoms with van der Waals surface area (Å²) in [4.78, 5) is 11.3. The molecule has 0 spiro atoms. The number of aryl methyl sites for hydroxylation is 1. The van der Waals surface area contributed by atoms with Crippen LogP contribution in [-0.2, 0) is 9.53 Å². The molecule has 0 amide bonds. The molecule has 0 radical (unpaired) electrons. The van der Waals surface area contributed by atoms with Crippen LogP contribution in [0.4, 0.5) is 4.39 Å². The predicted molar refractivity (Wildman–Crippen MR) is 144 cm³/mol. The van der Waals surface area contributed by atoms with Crippen molar-refractivity contribution in [3.8, 4) is 5.75 Å². The monoisotopic (exact) mass is 542 g/mol. The fourth-order valence-electron chi connectivity index (χ4n) is 5.21. The third-order valence-corrected chi connectivity index (χ3v) is 7.90. The Kier molecular flexibility index (Phi) is 8.27. The van der Waals surface area contributed by atoms with Crippen LogP contribution in [0, 0.1) is 25.6 Å². The van der Waals surface area contributed by atoms with Gasteiger partial charge in [-0.2, -0.15) is 0 Å². The van der Waals surface area contributed by atoms with Gasteiger partial charge in [-0.25, -0.2) is 9.18 Å². The highest BCUT2D eigenvalue weighted by Crippen LogP contribution is 2.55. The van der Waals surface area contributed by atoms with Crippen molar-refractivity contribution >= 4 is 29.2 Å². The fraction of sp³-hybridized carbons (Fsp3) is 0.300. The standard InChI is InChI=1S/C30H29Cl2FO4/c1-16(2)22-14-23(21-10-5-6-11-24(21)31)29(19-8-7-9-20(33)13-19)37-30(22)27-18(4)28(32)17(3)12-25(27)36-15-26(34)35/h5-13,22-23,29-30H,1,14-15H2,2-4H3,(H,34,35)/t22-,23-,29+,30+/m1/s1. The second-order valence-electron chi connectivity index (χ2n) is 9.58. The highest BCUT2D eigenvalue weighted by Gasteiger charge is 2.43. The Balaban J connectivity index is 1.89. The maximum atomic E-state index is 14.4. The molecule has 0 bridgehead atoms. The highest BCUT2D eigenvalue weighted by molar-refractivity contribution is 6.32. The minimum atomic E-state index is -1.09. The average Bonchev–Trinajstić information content (AvgIpc) is 2.85. The summed E-state index contributed by atoms with van der Waals surface area (Å²) in [6.45, 7) is 9.39. The Morgan fingerprint density at radius 3 is 2.51 bits per heavy atom. The predicted octanol–water partition coefficient (Wildman–Crippen LogP) is 8.39. The van der Waals surface area contributed by atoms with Crippen molar-refractivity contribution in [2.24, 2.45) is 5.92 Å². The van der Waals surface area contributed by atoms with Crippen LogP contribution in [0.2, 0.25) is 10.0 Å². The molecule has 0 unspecified atom stereocenters. The third kappa shape index (κ3) is 5.69. The maximum Gasteiger partial charge on any atom is 0.341 e. The number of benzene rings is 3. The second kappa shape index (κ2) is 11.3. The average molecular weight is 543 g/mol. The molecule has 7 heteroatoms. The molecule has 1 heterocycles. The number of carbonyl (C=O) groups is 1. The van der Waals surface area contributed by atoms with Crippen LogP contribution in [0.25, 0.3) is 0 Å². The van der Waals surface area contributed by atoms with Gasteiger partial charge in [-0.1, -0.05) is 65.7 Å². The Hall–Kier alpha value is -2.86. The smallest absolute Gasteiger partial charge is 0.341 e. The van der Waals surface area contributed by atoms with Crippen LogP contribution in [0.1, 0.15) is 59.3 Å². The Bertz CT molecular complexity index is 1340. The van der Waals surface area contributed by atoms with Crippen LogP contribution in [0.3, 0.4) is 0 Å². The lowest BCUT2D eigenvalue weighted by Gasteiger charge is -2.44. The Labute approximate surface area is 226 Å². The van der Waals surface area contributed by atoms with Gasteiger partial charge in [0, 0.05) is 27.4 Å². The van der Waals surface area contributed by atoms with Crippen molar-refractivity contribution in [2.45, 2.75) is 45.3 Å². The lowest BCUT2D eigenvalue weighted by Crippen LogP contribution is -2.32. The molecule has 3 aromatic carbocycles. The summed E-state index contributed by atoms with van der Waals surface area (Å²) in [6.07, 6.45) is -0.483. The molecular weight excluding hydrogens is 514 g/mol. The van der Waals surface area contributed by atoms with Gasteiger partial charge in [-0.3, -0.25) is 0 Å². The molecule has 1 saturated heterocycles. The first kappa shape index (κ1) is 27.2. The lowest BCUT2D eigenvalue weighted by atomic mass is 9.73. The van der Waals surface area contributed by atoms with Gasteiger partial charge >= 0.3 is 5.97 Å². The largest absolute Gasteiger partial charge is 0.482 e. The molecule has 4 nitrogen and oxygen atoms in total. The van der Waals surface area contributed by atoms with Gasteiger partial charge in [-0.05, 0) is 73.7 Å². The molecule has 1 fully saturated rings. The van der Waals surface area contributed by atoms with E-state index in [4.69, 9.17) is 32.7 Å². The number of ether oxygens (including phenoxy) is 2. The van der Waals surface area contributed by atoms with E-state index in [1.54, 1.807) is 12.1 Å². The summed E-state index contributed by atoms with van der Waals surface area (Å²) < 4.78 is 27.0. The molecular formula is C30H29Cl2FO4. The molecule has 37 heavy (non-hydrogen) atoms. The Morgan fingerprint density at radius 1 is 1.14 bits per heavy atom. The summed E-state index contributed by atoms with van der Waals surface area (Å²) in [6, 6.07) is 15.7. The van der Waals surface area contributed by atoms with E-state index in [0.717, 1.165) is 22.3 Å². The molecule has 0 aromatic heterocycles. The molecule has 4 atom stereocenters. The maximum absolute atomic E-state index is 14.4. The second-order valence-corrected chi connectivity index (χ2v) is 10.4. The van der Waals surface area contributed by atoms with E-state index >= 15 is 0 Å². The van der Waals surface area contributed by atoms with Crippen molar-refractivity contribution in [3.63, 3.8) is 0 Å². The summed E-state index contributed by atoms with van der Waals surface area (Å²) in [7, 11) is 0. The van der Waals surface area contributed by atoms with Crippen molar-refractivity contribution in [1.82, 2.24) is 0 Å². The molecule has 4 rings (SSSR count). The van der Waals surface area contributed by atoms with Gasteiger partial charge in [0.1, 0.15) is 11.6 Å². The molecule has 194 valence electrons. The number of halogens is 3. The van der Waals surface area contributed by atoms with E-state index in [9.17, 15) is 14.3 Å². The molecule has 0 aliphatic carbocycles. The summed E-state index contributed by atoms with van der Waals surface area (Å²) in [5, 5.41) is 10.4. The normalized spacial score (nSPS) is 21.5. The number of aliphatic carboxylic acids is 1. The minimum Gasteiger partial charge on any atom is -0.482 e. The number of carboxylic acids is 1. The molecule has 1 N–H and O–H groups in total. The highest BCUT2D eigenvalue weighted by atomic mass is 35.5. The van der Waals surface area contributed by atoms with Crippen LogP contribution in [0.5, 0.6) is 5.75 Å². The van der Waals surface area contributed by atoms with Gasteiger partial charge < -0.3 is 14.6 Å². The van der Waals surface area contributed by atoms with Crippen LogP contribution < -0.4 is 4.74 Å². The zero-order valence-electron chi connectivity index (χ0n) is 20.9. The van der Waals surface area contributed by atoms with Gasteiger partial charge in [-0.15, -0.1) is 0 Å². The zero-order chi connectivity index (χ0) is 26.9. The summed E-state index contributed by atoms with van der Waals surface area (Å²) >= 11 is 13.3. The van der Waals surface area contributed by atoms with Gasteiger partial charge in [0.15, 0.2) is 6.61 Å². The van der Waals surface area contributed by atoms with Gasteiger partial charge in [0.2, 0.25) is 0 Å². The van der Waals surface area contributed by atoms with Gasteiger partial charge in [0.05, 0.1) is 12.2 Å². The van der Waals surface area contributed by atoms with Crippen LogP contribution >= 0.6 is 23.2 Å². The van der Waals surface area contributed by atoms with Crippen molar-refractivity contribution in [2.75, 3.05) is 6.61 Å². The third-order valence-electron chi connectivity index (χ3n) is 6.98. The zero-order valence-corrected chi connectivity index (χ0v) is 22.4. The van der Waals surface area contributed by atoms with Crippen LogP contribution in [-0.4, -0.2) is 17.7 Å². The van der Waals surface area contributed by atoms with E-state index in [0.29, 0.717) is 33.3 Å². The minimum absolute atomic E-state index is 0.171. The van der Waals surface area contributed by atoms with E-state index in [1.165, 1.54) is 12.1 Å². The van der Waals surface area contributed by atoms with Crippen molar-refractivity contribution in [3.05, 3.63) is 110 Å². The van der Waals surface area contributed by atoms with Crippen molar-refractivity contribution in [1.29, 1.82) is 0 Å². The summed E-state index contributed by atoms with van der Waals surface area (Å²) in [5.74, 6) is -1.41. The molecule has 1 aliphatic heterocycles. The number of hydrogen-bond acceptors (Lipinski definition) is 3. The van der Waals surface area contributed by atoms with Gasteiger partial charge in [0.25, 0.3) is 0 Å². The van der Waals surface area contributed by atoms with E-state index in [2.05, 4.69) is 6.58 Å². The first-order chi connectivity index (χ1) is 17.6. The molecule has 1 aliphatic rings. The van der Waals surface area contributed by atoms with E-state index in [1.807, 2.05) is 51.1 Å². The molecule has 3 aromatic rings. The van der Waals surface area contributed by atoms with E-state index < -0.39 is 24.8 Å². The number of rotatable bonds is 7. The quantitative estimate of drug-likeness (QED) is 0.304. The Morgan fingerprint density at radius 2 is 1.86 bits per heavy atom. The molecule has 0 saturated carbocycles. The summed E-state index contributed by atoms with van der Waals surface area (Å²) in [5.41, 5.74) is 4.65. The van der Waals surface area contributed by atoms with Crippen molar-refractivity contribution < 1.29 is 23.8 Å². The number of carboxylic acid groups (broad SMARTS) is 1. The van der Waals surface area contributed by atoms with Crippen LogP contribution in [0.15, 0.2) is 66.7 Å². The first-order valence-electron chi connectivity index (χ1n) is 12.0.